The summed E-state index contributed by atoms with van der Waals surface area (Å²) < 4.78 is 2.20. The monoisotopic (exact) mass is 367 g/mol. The molecule has 1 atom stereocenters. The molecule has 0 aliphatic heterocycles. The highest BCUT2D eigenvalue weighted by Crippen LogP contribution is 2.25. The highest BCUT2D eigenvalue weighted by atomic mass is 79.9. The van der Waals surface area contributed by atoms with E-state index in [0.717, 1.165) is 20.9 Å². The summed E-state index contributed by atoms with van der Waals surface area (Å²) in [6.45, 7) is 2.08. The first-order valence-corrected chi connectivity index (χ1v) is 7.41. The van der Waals surface area contributed by atoms with Gasteiger partial charge in [-0.1, -0.05) is 56.1 Å². The first-order chi connectivity index (χ1) is 8.56. The van der Waals surface area contributed by atoms with Gasteiger partial charge in [-0.3, -0.25) is 0 Å². The van der Waals surface area contributed by atoms with Crippen LogP contribution in [-0.4, -0.2) is 0 Å². The van der Waals surface area contributed by atoms with Crippen LogP contribution in [0.5, 0.6) is 0 Å². The van der Waals surface area contributed by atoms with Gasteiger partial charge >= 0.3 is 0 Å². The standard InChI is InChI=1S/C15H15Br2N/c1-10-6-12(8-13(16)7-10)15(18)9-11-4-2-3-5-14(11)17/h2-8,15H,9,18H2,1H3. The molecule has 1 nitrogen and oxygen atoms in total. The lowest BCUT2D eigenvalue weighted by molar-refractivity contribution is 0.718. The van der Waals surface area contributed by atoms with Crippen molar-refractivity contribution in [3.05, 3.63) is 68.1 Å². The van der Waals surface area contributed by atoms with Crippen LogP contribution in [0.25, 0.3) is 0 Å². The van der Waals surface area contributed by atoms with Crippen LogP contribution in [0.1, 0.15) is 22.7 Å². The Balaban J connectivity index is 2.22. The van der Waals surface area contributed by atoms with Crippen LogP contribution in [0, 0.1) is 6.92 Å². The summed E-state index contributed by atoms with van der Waals surface area (Å²) in [4.78, 5) is 0. The molecule has 0 aliphatic rings. The third-order valence-electron chi connectivity index (χ3n) is 2.89. The zero-order chi connectivity index (χ0) is 13.1. The molecule has 0 spiro atoms. The second kappa shape index (κ2) is 6.00. The summed E-state index contributed by atoms with van der Waals surface area (Å²) in [6, 6.07) is 14.6. The van der Waals surface area contributed by atoms with Crippen LogP contribution in [-0.2, 0) is 6.42 Å². The Morgan fingerprint density at radius 2 is 1.83 bits per heavy atom. The van der Waals surface area contributed by atoms with E-state index in [-0.39, 0.29) is 6.04 Å². The highest BCUT2D eigenvalue weighted by molar-refractivity contribution is 9.10. The first kappa shape index (κ1) is 13.8. The Morgan fingerprint density at radius 1 is 1.11 bits per heavy atom. The van der Waals surface area contributed by atoms with Gasteiger partial charge in [0.15, 0.2) is 0 Å². The SMILES string of the molecule is Cc1cc(Br)cc(C(N)Cc2ccccc2Br)c1. The van der Waals surface area contributed by atoms with Crippen LogP contribution in [0.3, 0.4) is 0 Å². The topological polar surface area (TPSA) is 26.0 Å². The van der Waals surface area contributed by atoms with Gasteiger partial charge in [0.2, 0.25) is 0 Å². The number of hydrogen-bond acceptors (Lipinski definition) is 1. The van der Waals surface area contributed by atoms with Gasteiger partial charge in [0.25, 0.3) is 0 Å². The molecule has 2 aromatic carbocycles. The molecule has 94 valence electrons. The van der Waals surface area contributed by atoms with Crippen molar-refractivity contribution >= 4 is 31.9 Å². The molecule has 2 rings (SSSR count). The minimum Gasteiger partial charge on any atom is -0.324 e. The smallest absolute Gasteiger partial charge is 0.0336 e. The summed E-state index contributed by atoms with van der Waals surface area (Å²) in [5, 5.41) is 0. The van der Waals surface area contributed by atoms with E-state index in [4.69, 9.17) is 5.73 Å². The molecule has 0 saturated carbocycles. The molecule has 0 aliphatic carbocycles. The van der Waals surface area contributed by atoms with Crippen LogP contribution in [0.4, 0.5) is 0 Å². The van der Waals surface area contributed by atoms with Gasteiger partial charge in [0.05, 0.1) is 0 Å². The van der Waals surface area contributed by atoms with Crippen molar-refractivity contribution in [2.45, 2.75) is 19.4 Å². The number of aryl methyl sites for hydroxylation is 1. The second-order valence-electron chi connectivity index (χ2n) is 4.46. The summed E-state index contributed by atoms with van der Waals surface area (Å²) in [6.07, 6.45) is 0.831. The number of rotatable bonds is 3. The summed E-state index contributed by atoms with van der Waals surface area (Å²) in [5.74, 6) is 0. The molecule has 3 heteroatoms. The van der Waals surface area contributed by atoms with E-state index >= 15 is 0 Å². The van der Waals surface area contributed by atoms with Crippen molar-refractivity contribution in [2.24, 2.45) is 5.73 Å². The van der Waals surface area contributed by atoms with Gasteiger partial charge in [-0.25, -0.2) is 0 Å². The van der Waals surface area contributed by atoms with E-state index < -0.39 is 0 Å². The van der Waals surface area contributed by atoms with Gasteiger partial charge < -0.3 is 5.73 Å². The third kappa shape index (κ3) is 3.44. The number of benzene rings is 2. The van der Waals surface area contributed by atoms with E-state index in [2.05, 4.69) is 63.0 Å². The number of nitrogens with two attached hydrogens (primary N) is 1. The number of hydrogen-bond donors (Lipinski definition) is 1. The molecule has 18 heavy (non-hydrogen) atoms. The maximum absolute atomic E-state index is 6.29. The summed E-state index contributed by atoms with van der Waals surface area (Å²) in [7, 11) is 0. The molecule has 2 aromatic rings. The maximum Gasteiger partial charge on any atom is 0.0336 e. The van der Waals surface area contributed by atoms with Crippen molar-refractivity contribution in [3.8, 4) is 0 Å². The molecule has 0 bridgehead atoms. The predicted molar refractivity (Wildman–Crippen MR) is 83.7 cm³/mol. The molecule has 0 fully saturated rings. The largest absolute Gasteiger partial charge is 0.324 e. The number of halogens is 2. The van der Waals surface area contributed by atoms with Crippen molar-refractivity contribution in [3.63, 3.8) is 0 Å². The Hall–Kier alpha value is -0.640. The molecule has 2 N–H and O–H groups in total. The Kier molecular flexibility index (Phi) is 4.60. The highest BCUT2D eigenvalue weighted by Gasteiger charge is 2.10. The Labute approximate surface area is 125 Å². The molecule has 1 unspecified atom stereocenters. The van der Waals surface area contributed by atoms with Crippen molar-refractivity contribution in [1.82, 2.24) is 0 Å². The van der Waals surface area contributed by atoms with Crippen LogP contribution in [0.15, 0.2) is 51.4 Å². The molecular formula is C15H15Br2N. The molecular weight excluding hydrogens is 354 g/mol. The van der Waals surface area contributed by atoms with Gasteiger partial charge in [0.1, 0.15) is 0 Å². The first-order valence-electron chi connectivity index (χ1n) is 5.82. The van der Waals surface area contributed by atoms with Gasteiger partial charge in [-0.15, -0.1) is 0 Å². The lowest BCUT2D eigenvalue weighted by Crippen LogP contribution is -2.13. The van der Waals surface area contributed by atoms with Gasteiger partial charge in [-0.2, -0.15) is 0 Å². The lowest BCUT2D eigenvalue weighted by Gasteiger charge is -2.14. The van der Waals surface area contributed by atoms with E-state index in [0.29, 0.717) is 0 Å². The second-order valence-corrected chi connectivity index (χ2v) is 6.23. The fourth-order valence-electron chi connectivity index (χ4n) is 2.00. The van der Waals surface area contributed by atoms with E-state index in [1.165, 1.54) is 11.1 Å². The van der Waals surface area contributed by atoms with E-state index in [1.54, 1.807) is 0 Å². The molecule has 0 aromatic heterocycles. The fourth-order valence-corrected chi connectivity index (χ4v) is 3.07. The normalized spacial score (nSPS) is 12.4. The minimum atomic E-state index is 0.0138. The third-order valence-corrected chi connectivity index (χ3v) is 4.12. The van der Waals surface area contributed by atoms with Crippen LogP contribution in [0.2, 0.25) is 0 Å². The van der Waals surface area contributed by atoms with Crippen molar-refractivity contribution in [1.29, 1.82) is 0 Å². The summed E-state index contributed by atoms with van der Waals surface area (Å²) >= 11 is 7.08. The quantitative estimate of drug-likeness (QED) is 0.830. The minimum absolute atomic E-state index is 0.0138. The zero-order valence-corrected chi connectivity index (χ0v) is 13.3. The van der Waals surface area contributed by atoms with Crippen molar-refractivity contribution < 1.29 is 0 Å². The van der Waals surface area contributed by atoms with E-state index in [9.17, 15) is 0 Å². The van der Waals surface area contributed by atoms with Crippen molar-refractivity contribution in [2.75, 3.05) is 0 Å². The van der Waals surface area contributed by atoms with Crippen LogP contribution < -0.4 is 5.73 Å². The fraction of sp³-hybridized carbons (Fsp3) is 0.200. The summed E-state index contributed by atoms with van der Waals surface area (Å²) in [5.41, 5.74) is 9.92. The van der Waals surface area contributed by atoms with Crippen LogP contribution >= 0.6 is 31.9 Å². The van der Waals surface area contributed by atoms with Gasteiger partial charge in [-0.05, 0) is 48.2 Å². The molecule has 0 heterocycles. The lowest BCUT2D eigenvalue weighted by atomic mass is 9.98. The molecule has 0 saturated heterocycles. The Morgan fingerprint density at radius 3 is 2.50 bits per heavy atom. The predicted octanol–water partition coefficient (Wildman–Crippen LogP) is 4.76. The molecule has 0 amide bonds. The average Bonchev–Trinajstić information content (AvgIpc) is 2.31. The molecule has 0 radical (unpaired) electrons. The average molecular weight is 369 g/mol. The van der Waals surface area contributed by atoms with Gasteiger partial charge in [0, 0.05) is 15.0 Å². The van der Waals surface area contributed by atoms with E-state index in [1.807, 2.05) is 18.2 Å². The maximum atomic E-state index is 6.29. The zero-order valence-electron chi connectivity index (χ0n) is 10.2. The Bertz CT molecular complexity index is 532.